The van der Waals surface area contributed by atoms with Gasteiger partial charge < -0.3 is 24.8 Å². The molecular weight excluding hydrogens is 306 g/mol. The maximum atomic E-state index is 5.70. The minimum Gasteiger partial charge on any atom is -0.496 e. The fraction of sp³-hybridized carbons (Fsp3) is 0.611. The van der Waals surface area contributed by atoms with Gasteiger partial charge in [0.15, 0.2) is 5.96 Å². The number of aliphatic imine (C=N–C) groups is 1. The first kappa shape index (κ1) is 18.5. The van der Waals surface area contributed by atoms with Crippen molar-refractivity contribution in [2.75, 3.05) is 47.1 Å². The highest BCUT2D eigenvalue weighted by Crippen LogP contribution is 2.16. The molecule has 1 aliphatic heterocycles. The Morgan fingerprint density at radius 1 is 1.33 bits per heavy atom. The number of nitrogens with one attached hydrogen (secondary N) is 2. The third-order valence-corrected chi connectivity index (χ3v) is 4.00. The smallest absolute Gasteiger partial charge is 0.191 e. The molecule has 0 aromatic heterocycles. The van der Waals surface area contributed by atoms with Crippen LogP contribution in [-0.2, 0) is 16.0 Å². The van der Waals surface area contributed by atoms with Crippen LogP contribution in [0.25, 0.3) is 0 Å². The van der Waals surface area contributed by atoms with Gasteiger partial charge in [0.2, 0.25) is 0 Å². The van der Waals surface area contributed by atoms with Gasteiger partial charge in [0.1, 0.15) is 5.75 Å². The standard InChI is InChI=1S/C18H29N3O3/c1-19-18(21-12-16-6-3-4-7-17(16)22-2)20-9-5-10-23-13-15-8-11-24-14-15/h3-4,6-7,15H,5,8-14H2,1-2H3,(H2,19,20,21). The highest BCUT2D eigenvalue weighted by atomic mass is 16.5. The number of rotatable bonds is 9. The zero-order valence-electron chi connectivity index (χ0n) is 14.7. The number of ether oxygens (including phenoxy) is 3. The first-order valence-corrected chi connectivity index (χ1v) is 8.55. The largest absolute Gasteiger partial charge is 0.496 e. The van der Waals surface area contributed by atoms with Crippen molar-refractivity contribution in [3.63, 3.8) is 0 Å². The maximum absolute atomic E-state index is 5.70. The van der Waals surface area contributed by atoms with Gasteiger partial charge >= 0.3 is 0 Å². The summed E-state index contributed by atoms with van der Waals surface area (Å²) in [5.41, 5.74) is 1.10. The Hall–Kier alpha value is -1.79. The highest BCUT2D eigenvalue weighted by Gasteiger charge is 2.15. The summed E-state index contributed by atoms with van der Waals surface area (Å²) in [5, 5.41) is 6.60. The molecule has 0 aliphatic carbocycles. The van der Waals surface area contributed by atoms with E-state index in [2.05, 4.69) is 15.6 Å². The van der Waals surface area contributed by atoms with E-state index in [4.69, 9.17) is 14.2 Å². The van der Waals surface area contributed by atoms with Crippen molar-refractivity contribution in [1.29, 1.82) is 0 Å². The lowest BCUT2D eigenvalue weighted by molar-refractivity contribution is 0.0888. The molecule has 0 radical (unpaired) electrons. The van der Waals surface area contributed by atoms with Gasteiger partial charge in [-0.1, -0.05) is 18.2 Å². The minimum atomic E-state index is 0.577. The molecule has 2 rings (SSSR count). The highest BCUT2D eigenvalue weighted by molar-refractivity contribution is 5.79. The molecule has 1 unspecified atom stereocenters. The average molecular weight is 335 g/mol. The first-order valence-electron chi connectivity index (χ1n) is 8.55. The molecule has 1 aliphatic rings. The van der Waals surface area contributed by atoms with Gasteiger partial charge in [-0.15, -0.1) is 0 Å². The molecule has 6 nitrogen and oxygen atoms in total. The second-order valence-corrected chi connectivity index (χ2v) is 5.82. The Labute approximate surface area is 144 Å². The van der Waals surface area contributed by atoms with Gasteiger partial charge in [0.05, 0.1) is 20.3 Å². The summed E-state index contributed by atoms with van der Waals surface area (Å²) in [4.78, 5) is 4.24. The quantitative estimate of drug-likeness (QED) is 0.409. The summed E-state index contributed by atoms with van der Waals surface area (Å²) in [5.74, 6) is 2.24. The second kappa shape index (κ2) is 10.9. The van der Waals surface area contributed by atoms with E-state index in [1.165, 1.54) is 0 Å². The zero-order valence-corrected chi connectivity index (χ0v) is 14.7. The Balaban J connectivity index is 1.58. The van der Waals surface area contributed by atoms with E-state index in [0.717, 1.165) is 63.1 Å². The fourth-order valence-electron chi connectivity index (χ4n) is 2.59. The van der Waals surface area contributed by atoms with Crippen LogP contribution in [-0.4, -0.2) is 53.1 Å². The van der Waals surface area contributed by atoms with Gasteiger partial charge in [-0.2, -0.15) is 0 Å². The fourth-order valence-corrected chi connectivity index (χ4v) is 2.59. The van der Waals surface area contributed by atoms with Gasteiger partial charge in [-0.3, -0.25) is 4.99 Å². The second-order valence-electron chi connectivity index (χ2n) is 5.82. The Kier molecular flexibility index (Phi) is 8.41. The lowest BCUT2D eigenvalue weighted by Gasteiger charge is -2.14. The molecule has 1 saturated heterocycles. The van der Waals surface area contributed by atoms with Crippen LogP contribution in [0.4, 0.5) is 0 Å². The summed E-state index contributed by atoms with van der Waals surface area (Å²) in [6, 6.07) is 7.97. The summed E-state index contributed by atoms with van der Waals surface area (Å²) < 4.78 is 16.4. The molecule has 6 heteroatoms. The Bertz CT molecular complexity index is 502. The van der Waals surface area contributed by atoms with Gasteiger partial charge in [-0.25, -0.2) is 0 Å². The molecule has 24 heavy (non-hydrogen) atoms. The van der Waals surface area contributed by atoms with Crippen molar-refractivity contribution in [3.8, 4) is 5.75 Å². The lowest BCUT2D eigenvalue weighted by Crippen LogP contribution is -2.37. The molecule has 0 spiro atoms. The third kappa shape index (κ3) is 6.37. The predicted molar refractivity (Wildman–Crippen MR) is 95.6 cm³/mol. The summed E-state index contributed by atoms with van der Waals surface area (Å²) in [6.45, 7) is 4.78. The number of methoxy groups -OCH3 is 1. The number of hydrogen-bond acceptors (Lipinski definition) is 4. The van der Waals surface area contributed by atoms with E-state index in [1.807, 2.05) is 24.3 Å². The Morgan fingerprint density at radius 2 is 2.21 bits per heavy atom. The molecule has 1 fully saturated rings. The van der Waals surface area contributed by atoms with Crippen molar-refractivity contribution < 1.29 is 14.2 Å². The Morgan fingerprint density at radius 3 is 2.96 bits per heavy atom. The van der Waals surface area contributed by atoms with E-state index in [1.54, 1.807) is 14.2 Å². The van der Waals surface area contributed by atoms with Crippen molar-refractivity contribution in [1.82, 2.24) is 10.6 Å². The predicted octanol–water partition coefficient (Wildman–Crippen LogP) is 1.80. The van der Waals surface area contributed by atoms with Gasteiger partial charge in [-0.05, 0) is 18.9 Å². The number of benzene rings is 1. The van der Waals surface area contributed by atoms with Crippen molar-refractivity contribution in [2.24, 2.45) is 10.9 Å². The van der Waals surface area contributed by atoms with Crippen molar-refractivity contribution in [2.45, 2.75) is 19.4 Å². The molecule has 134 valence electrons. The molecule has 1 aromatic rings. The van der Waals surface area contributed by atoms with Crippen molar-refractivity contribution >= 4 is 5.96 Å². The van der Waals surface area contributed by atoms with Crippen LogP contribution in [0.1, 0.15) is 18.4 Å². The molecule has 1 atom stereocenters. The number of hydrogen-bond donors (Lipinski definition) is 2. The van der Waals surface area contributed by atoms with Crippen LogP contribution in [0, 0.1) is 5.92 Å². The topological polar surface area (TPSA) is 64.1 Å². The van der Waals surface area contributed by atoms with E-state index in [9.17, 15) is 0 Å². The molecule has 1 heterocycles. The number of nitrogens with zero attached hydrogens (tertiary/aromatic N) is 1. The van der Waals surface area contributed by atoms with Gasteiger partial charge in [0, 0.05) is 44.8 Å². The van der Waals surface area contributed by atoms with Crippen LogP contribution in [0.2, 0.25) is 0 Å². The molecule has 0 bridgehead atoms. The van der Waals surface area contributed by atoms with Gasteiger partial charge in [0.25, 0.3) is 0 Å². The van der Waals surface area contributed by atoms with Crippen molar-refractivity contribution in [3.05, 3.63) is 29.8 Å². The van der Waals surface area contributed by atoms with Crippen LogP contribution in [0.3, 0.4) is 0 Å². The molecule has 0 saturated carbocycles. The van der Waals surface area contributed by atoms with Crippen LogP contribution in [0.5, 0.6) is 5.75 Å². The molecule has 0 amide bonds. The van der Waals surface area contributed by atoms with Crippen LogP contribution in [0.15, 0.2) is 29.3 Å². The van der Waals surface area contributed by atoms with E-state index in [-0.39, 0.29) is 0 Å². The van der Waals surface area contributed by atoms with E-state index < -0.39 is 0 Å². The lowest BCUT2D eigenvalue weighted by atomic mass is 10.1. The first-order chi connectivity index (χ1) is 11.8. The molecule has 1 aromatic carbocycles. The molecular formula is C18H29N3O3. The maximum Gasteiger partial charge on any atom is 0.191 e. The monoisotopic (exact) mass is 335 g/mol. The normalized spacial score (nSPS) is 17.8. The summed E-state index contributed by atoms with van der Waals surface area (Å²) in [6.07, 6.45) is 2.07. The average Bonchev–Trinajstić information content (AvgIpc) is 3.14. The van der Waals surface area contributed by atoms with E-state index >= 15 is 0 Å². The number of para-hydroxylation sites is 1. The third-order valence-electron chi connectivity index (χ3n) is 4.00. The SMILES string of the molecule is CN=C(NCCCOCC1CCOC1)NCc1ccccc1OC. The number of guanidine groups is 1. The summed E-state index contributed by atoms with van der Waals surface area (Å²) >= 11 is 0. The molecule has 2 N–H and O–H groups in total. The zero-order chi connectivity index (χ0) is 17.0. The van der Waals surface area contributed by atoms with Crippen LogP contribution < -0.4 is 15.4 Å². The minimum absolute atomic E-state index is 0.577. The van der Waals surface area contributed by atoms with Crippen LogP contribution >= 0.6 is 0 Å². The van der Waals surface area contributed by atoms with E-state index in [0.29, 0.717) is 12.5 Å². The summed E-state index contributed by atoms with van der Waals surface area (Å²) in [7, 11) is 3.46.